The molecule has 3 nitrogen and oxygen atoms in total. The summed E-state index contributed by atoms with van der Waals surface area (Å²) in [5.74, 6) is -1.23. The van der Waals surface area contributed by atoms with Gasteiger partial charge in [0.1, 0.15) is 5.82 Å². The van der Waals surface area contributed by atoms with Crippen LogP contribution in [0.5, 0.6) is 0 Å². The fourth-order valence-corrected chi connectivity index (χ4v) is 2.17. The van der Waals surface area contributed by atoms with Gasteiger partial charge < -0.3 is 10.2 Å². The molecule has 17 heavy (non-hydrogen) atoms. The van der Waals surface area contributed by atoms with Crippen LogP contribution in [0.1, 0.15) is 30.6 Å². The van der Waals surface area contributed by atoms with E-state index in [1.807, 2.05) is 6.92 Å². The Kier molecular flexibility index (Phi) is 4.54. The molecule has 0 saturated carbocycles. The molecule has 1 atom stereocenters. The molecule has 0 spiro atoms. The lowest BCUT2D eigenvalue weighted by Gasteiger charge is -2.20. The van der Waals surface area contributed by atoms with E-state index in [1.165, 1.54) is 12.1 Å². The maximum Gasteiger partial charge on any atom is 0.335 e. The molecule has 0 aromatic heterocycles. The van der Waals surface area contributed by atoms with Crippen molar-refractivity contribution in [3.05, 3.63) is 29.6 Å². The van der Waals surface area contributed by atoms with E-state index < -0.39 is 17.4 Å². The van der Waals surface area contributed by atoms with Gasteiger partial charge in [0.05, 0.1) is 11.2 Å². The largest absolute Gasteiger partial charge is 0.478 e. The number of thioether (sulfide) groups is 1. The standard InChI is InChI=1S/C12H15FO3S/c1-3-12(2,16)7-17-10-6-8(11(14)15)4-5-9(10)13/h4-6,16H,3,7H2,1-2H3,(H,14,15). The van der Waals surface area contributed by atoms with Gasteiger partial charge in [-0.05, 0) is 31.5 Å². The Bertz CT molecular complexity index is 418. The van der Waals surface area contributed by atoms with Gasteiger partial charge in [-0.25, -0.2) is 9.18 Å². The zero-order valence-corrected chi connectivity index (χ0v) is 10.6. The zero-order chi connectivity index (χ0) is 13.1. The number of carboxylic acid groups (broad SMARTS) is 1. The van der Waals surface area contributed by atoms with Crippen LogP contribution in [0.2, 0.25) is 0 Å². The molecule has 5 heteroatoms. The molecule has 0 aliphatic heterocycles. The molecule has 0 radical (unpaired) electrons. The lowest BCUT2D eigenvalue weighted by atomic mass is 10.1. The van der Waals surface area contributed by atoms with Gasteiger partial charge in [-0.3, -0.25) is 0 Å². The maximum atomic E-state index is 13.4. The molecule has 0 heterocycles. The molecule has 0 saturated heterocycles. The molecule has 0 aliphatic carbocycles. The minimum Gasteiger partial charge on any atom is -0.478 e. The minimum absolute atomic E-state index is 0.0463. The third kappa shape index (κ3) is 4.02. The van der Waals surface area contributed by atoms with Crippen molar-refractivity contribution in [2.45, 2.75) is 30.8 Å². The van der Waals surface area contributed by atoms with Gasteiger partial charge in [0.25, 0.3) is 0 Å². The van der Waals surface area contributed by atoms with Gasteiger partial charge >= 0.3 is 5.97 Å². The number of hydrogen-bond acceptors (Lipinski definition) is 3. The maximum absolute atomic E-state index is 13.4. The van der Waals surface area contributed by atoms with Crippen molar-refractivity contribution in [2.75, 3.05) is 5.75 Å². The van der Waals surface area contributed by atoms with Crippen molar-refractivity contribution in [3.63, 3.8) is 0 Å². The Morgan fingerprint density at radius 3 is 2.71 bits per heavy atom. The molecule has 1 aromatic carbocycles. The molecule has 0 aliphatic rings. The summed E-state index contributed by atoms with van der Waals surface area (Å²) in [6.45, 7) is 3.50. The Balaban J connectivity index is 2.83. The van der Waals surface area contributed by atoms with E-state index in [4.69, 9.17) is 5.11 Å². The van der Waals surface area contributed by atoms with Crippen LogP contribution in [0.3, 0.4) is 0 Å². The SMILES string of the molecule is CCC(C)(O)CSc1cc(C(=O)O)ccc1F. The van der Waals surface area contributed by atoms with Crippen molar-refractivity contribution in [3.8, 4) is 0 Å². The summed E-state index contributed by atoms with van der Waals surface area (Å²) < 4.78 is 13.4. The van der Waals surface area contributed by atoms with Crippen LogP contribution in [0.15, 0.2) is 23.1 Å². The van der Waals surface area contributed by atoms with Crippen molar-refractivity contribution in [2.24, 2.45) is 0 Å². The van der Waals surface area contributed by atoms with Crippen LogP contribution < -0.4 is 0 Å². The number of aliphatic hydroxyl groups is 1. The van der Waals surface area contributed by atoms with Gasteiger partial charge in [-0.1, -0.05) is 6.92 Å². The zero-order valence-electron chi connectivity index (χ0n) is 9.74. The summed E-state index contributed by atoms with van der Waals surface area (Å²) in [6, 6.07) is 3.64. The molecule has 2 N–H and O–H groups in total. The van der Waals surface area contributed by atoms with Crippen LogP contribution in [-0.4, -0.2) is 27.5 Å². The first kappa shape index (κ1) is 14.0. The van der Waals surface area contributed by atoms with Crippen LogP contribution in [0, 0.1) is 5.82 Å². The van der Waals surface area contributed by atoms with E-state index in [1.54, 1.807) is 6.92 Å². The van der Waals surface area contributed by atoms with Crippen molar-refractivity contribution in [1.29, 1.82) is 0 Å². The minimum atomic E-state index is -1.09. The highest BCUT2D eigenvalue weighted by Crippen LogP contribution is 2.27. The number of rotatable bonds is 5. The van der Waals surface area contributed by atoms with Crippen LogP contribution >= 0.6 is 11.8 Å². The van der Waals surface area contributed by atoms with Gasteiger partial charge in [0.15, 0.2) is 0 Å². The lowest BCUT2D eigenvalue weighted by Crippen LogP contribution is -2.25. The molecule has 1 unspecified atom stereocenters. The first-order chi connectivity index (χ1) is 7.85. The summed E-state index contributed by atoms with van der Waals surface area (Å²) in [5, 5.41) is 18.6. The third-order valence-corrected chi connectivity index (χ3v) is 3.87. The van der Waals surface area contributed by atoms with Gasteiger partial charge in [0.2, 0.25) is 0 Å². The van der Waals surface area contributed by atoms with Crippen molar-refractivity contribution >= 4 is 17.7 Å². The summed E-state index contributed by atoms with van der Waals surface area (Å²) in [5.41, 5.74) is -0.832. The first-order valence-electron chi connectivity index (χ1n) is 5.24. The van der Waals surface area contributed by atoms with E-state index in [9.17, 15) is 14.3 Å². The topological polar surface area (TPSA) is 57.5 Å². The molecule has 1 aromatic rings. The number of halogens is 1. The fraction of sp³-hybridized carbons (Fsp3) is 0.417. The first-order valence-corrected chi connectivity index (χ1v) is 6.22. The van der Waals surface area contributed by atoms with Crippen molar-refractivity contribution < 1.29 is 19.4 Å². The van der Waals surface area contributed by atoms with Crippen LogP contribution in [0.4, 0.5) is 4.39 Å². The highest BCUT2D eigenvalue weighted by molar-refractivity contribution is 7.99. The molecule has 0 bridgehead atoms. The number of carboxylic acids is 1. The Hall–Kier alpha value is -1.07. The second-order valence-electron chi connectivity index (χ2n) is 4.09. The fourth-order valence-electron chi connectivity index (χ4n) is 1.08. The van der Waals surface area contributed by atoms with E-state index in [-0.39, 0.29) is 10.5 Å². The second kappa shape index (κ2) is 5.51. The average Bonchev–Trinajstić information content (AvgIpc) is 2.27. The summed E-state index contributed by atoms with van der Waals surface area (Å²) in [4.78, 5) is 11.0. The average molecular weight is 258 g/mol. The predicted octanol–water partition coefficient (Wildman–Crippen LogP) is 2.78. The number of aromatic carboxylic acids is 1. The van der Waals surface area contributed by atoms with Gasteiger partial charge in [-0.2, -0.15) is 0 Å². The monoisotopic (exact) mass is 258 g/mol. The predicted molar refractivity (Wildman–Crippen MR) is 65.0 cm³/mol. The smallest absolute Gasteiger partial charge is 0.335 e. The second-order valence-corrected chi connectivity index (χ2v) is 5.11. The van der Waals surface area contributed by atoms with Gasteiger partial charge in [0, 0.05) is 10.6 Å². The quantitative estimate of drug-likeness (QED) is 0.797. The Labute approximate surface area is 104 Å². The Morgan fingerprint density at radius 1 is 1.53 bits per heavy atom. The lowest BCUT2D eigenvalue weighted by molar-refractivity contribution is 0.0696. The molecule has 94 valence electrons. The highest BCUT2D eigenvalue weighted by Gasteiger charge is 2.19. The molecule has 0 fully saturated rings. The number of hydrogen-bond donors (Lipinski definition) is 2. The molecular weight excluding hydrogens is 243 g/mol. The third-order valence-electron chi connectivity index (χ3n) is 2.48. The van der Waals surface area contributed by atoms with E-state index in [2.05, 4.69) is 0 Å². The van der Waals surface area contributed by atoms with Gasteiger partial charge in [-0.15, -0.1) is 11.8 Å². The highest BCUT2D eigenvalue weighted by atomic mass is 32.2. The normalized spacial score (nSPS) is 14.4. The summed E-state index contributed by atoms with van der Waals surface area (Å²) in [7, 11) is 0. The summed E-state index contributed by atoms with van der Waals surface area (Å²) in [6.07, 6.45) is 0.556. The Morgan fingerprint density at radius 2 is 2.18 bits per heavy atom. The number of benzene rings is 1. The van der Waals surface area contributed by atoms with Crippen LogP contribution in [-0.2, 0) is 0 Å². The molecule has 1 rings (SSSR count). The van der Waals surface area contributed by atoms with E-state index in [0.29, 0.717) is 12.2 Å². The van der Waals surface area contributed by atoms with E-state index >= 15 is 0 Å². The summed E-state index contributed by atoms with van der Waals surface area (Å²) >= 11 is 1.12. The number of carbonyl (C=O) groups is 1. The van der Waals surface area contributed by atoms with Crippen LogP contribution in [0.25, 0.3) is 0 Å². The van der Waals surface area contributed by atoms with Crippen molar-refractivity contribution in [1.82, 2.24) is 0 Å². The molecular formula is C12H15FO3S. The van der Waals surface area contributed by atoms with E-state index in [0.717, 1.165) is 17.8 Å². The molecule has 0 amide bonds.